The zero-order chi connectivity index (χ0) is 33.1. The van der Waals surface area contributed by atoms with Crippen molar-refractivity contribution < 1.29 is 52.0 Å². The number of nitrogens with one attached hydrogen (secondary N) is 1. The van der Waals surface area contributed by atoms with Crippen molar-refractivity contribution in [2.75, 3.05) is 6.61 Å². The summed E-state index contributed by atoms with van der Waals surface area (Å²) in [6.45, 7) is 9.17. The lowest BCUT2D eigenvalue weighted by Crippen LogP contribution is -2.69. The fraction of sp³-hybridized carbons (Fsp3) is 0.484. The van der Waals surface area contributed by atoms with Crippen LogP contribution in [0.25, 0.3) is 0 Å². The third kappa shape index (κ3) is 7.86. The van der Waals surface area contributed by atoms with Crippen LogP contribution in [0.15, 0.2) is 36.5 Å². The van der Waals surface area contributed by atoms with Gasteiger partial charge in [0.2, 0.25) is 12.2 Å². The number of urea groups is 1. The lowest BCUT2D eigenvalue weighted by molar-refractivity contribution is -0.186. The van der Waals surface area contributed by atoms with Crippen LogP contribution in [0.2, 0.25) is 0 Å². The lowest BCUT2D eigenvalue weighted by atomic mass is 9.82. The number of amides is 3. The van der Waals surface area contributed by atoms with E-state index < -0.39 is 60.2 Å². The van der Waals surface area contributed by atoms with Gasteiger partial charge < -0.3 is 29.0 Å². The van der Waals surface area contributed by atoms with E-state index in [0.717, 1.165) is 11.8 Å². The molecule has 1 N–H and O–H groups in total. The fourth-order valence-electron chi connectivity index (χ4n) is 4.89. The molecule has 1 aromatic heterocycles. The predicted octanol–water partition coefficient (Wildman–Crippen LogP) is 3.53. The van der Waals surface area contributed by atoms with Crippen LogP contribution in [0.4, 0.5) is 9.18 Å². The lowest BCUT2D eigenvalue weighted by Gasteiger charge is -2.44. The van der Waals surface area contributed by atoms with Gasteiger partial charge in [0.25, 0.3) is 0 Å². The molecule has 0 spiro atoms. The van der Waals surface area contributed by atoms with E-state index in [-0.39, 0.29) is 36.9 Å². The number of alkyl halides is 1. The monoisotopic (exact) mass is 629 g/mol. The van der Waals surface area contributed by atoms with Crippen molar-refractivity contribution in [2.45, 2.75) is 78.8 Å². The second kappa shape index (κ2) is 13.5. The number of pyridine rings is 1. The summed E-state index contributed by atoms with van der Waals surface area (Å²) >= 11 is 0. The number of halogens is 1. The molecule has 0 saturated carbocycles. The number of ether oxygens (including phenoxy) is 5. The van der Waals surface area contributed by atoms with Crippen LogP contribution < -0.4 is 14.8 Å². The molecule has 13 nitrogen and oxygen atoms in total. The van der Waals surface area contributed by atoms with Gasteiger partial charge >= 0.3 is 30.0 Å². The zero-order valence-corrected chi connectivity index (χ0v) is 25.8. The Hall–Kier alpha value is -4.75. The molecule has 0 radical (unpaired) electrons. The minimum Gasteiger partial charge on any atom is -0.464 e. The largest absolute Gasteiger partial charge is 0.464 e. The Bertz CT molecular complexity index is 1480. The fourth-order valence-corrected chi connectivity index (χ4v) is 4.89. The molecule has 3 amide bonds. The number of fused-ring (bicyclic) bond motifs is 1. The molecule has 1 aromatic carbocycles. The van der Waals surface area contributed by atoms with Gasteiger partial charge in [0.15, 0.2) is 17.5 Å². The number of nitrogens with zero attached hydrogens (tertiary/aromatic N) is 2. The molecular weight excluding hydrogens is 593 g/mol. The Balaban J connectivity index is 1.40. The van der Waals surface area contributed by atoms with Crippen molar-refractivity contribution in [2.24, 2.45) is 11.8 Å². The average Bonchev–Trinajstić information content (AvgIpc) is 3.27. The van der Waals surface area contributed by atoms with Crippen molar-refractivity contribution in [3.05, 3.63) is 53.3 Å². The van der Waals surface area contributed by atoms with Crippen molar-refractivity contribution in [1.82, 2.24) is 15.2 Å². The maximum atomic E-state index is 14.1. The van der Waals surface area contributed by atoms with Crippen LogP contribution in [0.1, 0.15) is 64.4 Å². The summed E-state index contributed by atoms with van der Waals surface area (Å²) in [6, 6.07) is 2.92. The number of rotatable bonds is 11. The van der Waals surface area contributed by atoms with Crippen molar-refractivity contribution in [1.29, 1.82) is 0 Å². The third-order valence-corrected chi connectivity index (χ3v) is 7.07. The van der Waals surface area contributed by atoms with Gasteiger partial charge in [-0.2, -0.15) is 4.39 Å². The Kier molecular flexibility index (Phi) is 9.94. The highest BCUT2D eigenvalue weighted by molar-refractivity contribution is 6.08. The summed E-state index contributed by atoms with van der Waals surface area (Å²) < 4.78 is 39.6. The summed E-state index contributed by atoms with van der Waals surface area (Å²) in [6.07, 6.45) is 0.211. The summed E-state index contributed by atoms with van der Waals surface area (Å²) in [5, 5.41) is 2.69. The molecule has 1 fully saturated rings. The molecule has 2 aromatic rings. The van der Waals surface area contributed by atoms with Crippen LogP contribution in [0, 0.1) is 11.8 Å². The van der Waals surface area contributed by atoms with Crippen molar-refractivity contribution in [3.8, 4) is 11.5 Å². The Morgan fingerprint density at radius 1 is 1.07 bits per heavy atom. The normalized spacial score (nSPS) is 21.4. The van der Waals surface area contributed by atoms with Gasteiger partial charge in [-0.05, 0) is 55.7 Å². The molecule has 2 aliphatic rings. The number of likely N-dealkylation sites (tertiary alicyclic amines) is 1. The molecule has 45 heavy (non-hydrogen) atoms. The van der Waals surface area contributed by atoms with Gasteiger partial charge in [0, 0.05) is 20.0 Å². The first-order chi connectivity index (χ1) is 21.2. The van der Waals surface area contributed by atoms with Crippen LogP contribution in [0.5, 0.6) is 11.5 Å². The number of imide groups is 1. The summed E-state index contributed by atoms with van der Waals surface area (Å²) in [5.74, 6) is -3.42. The maximum Gasteiger partial charge on any atom is 0.404 e. The van der Waals surface area contributed by atoms with Gasteiger partial charge in [-0.3, -0.25) is 19.4 Å². The number of hydrogen-bond acceptors (Lipinski definition) is 11. The Morgan fingerprint density at radius 3 is 2.47 bits per heavy atom. The number of carbonyl (C=O) groups is 5. The molecule has 14 heteroatoms. The SMILES string of the molecule is CCOC(=O)[C@@H]1[C@@H](Cc2ccnc(CC(=O)OC(C)OC(=O)C(C)C)c2)C(=O)N1C(=O)N[C@H](C)c1ccc2c(c1)OC(C)(F)O2. The highest BCUT2D eigenvalue weighted by Gasteiger charge is 2.55. The number of esters is 3. The summed E-state index contributed by atoms with van der Waals surface area (Å²) in [7, 11) is 0. The molecule has 0 aliphatic carbocycles. The highest BCUT2D eigenvalue weighted by atomic mass is 19.2. The number of carbonyl (C=O) groups excluding carboxylic acids is 5. The van der Waals surface area contributed by atoms with E-state index in [9.17, 15) is 28.4 Å². The zero-order valence-electron chi connectivity index (χ0n) is 25.8. The quantitative estimate of drug-likeness (QED) is 0.220. The van der Waals surface area contributed by atoms with E-state index in [4.69, 9.17) is 23.7 Å². The van der Waals surface area contributed by atoms with Crippen LogP contribution in [-0.4, -0.2) is 64.7 Å². The number of hydrogen-bond donors (Lipinski definition) is 1. The summed E-state index contributed by atoms with van der Waals surface area (Å²) in [5.41, 5.74) is 1.48. The standard InChI is InChI=1S/C31H36FN3O10/c1-7-41-29(39)26-22(13-19-10-11-33-21(12-19)15-25(36)42-18(5)43-28(38)16(2)3)27(37)35(26)30(40)34-17(4)20-8-9-23-24(14-20)45-31(6,32)44-23/h8-12,14,16-18,22,26H,7,13,15H2,1-6H3,(H,34,40)/t17-,18?,22-,26+,31?/m1/s1. The maximum absolute atomic E-state index is 14.1. The van der Waals surface area contributed by atoms with Crippen LogP contribution >= 0.6 is 0 Å². The van der Waals surface area contributed by atoms with Crippen molar-refractivity contribution >= 4 is 29.8 Å². The third-order valence-electron chi connectivity index (χ3n) is 7.07. The van der Waals surface area contributed by atoms with E-state index in [0.29, 0.717) is 16.8 Å². The minimum absolute atomic E-state index is 0.0409. The van der Waals surface area contributed by atoms with Gasteiger partial charge in [0.1, 0.15) is 0 Å². The number of benzene rings is 1. The highest BCUT2D eigenvalue weighted by Crippen LogP contribution is 2.41. The Labute approximate surface area is 259 Å². The van der Waals surface area contributed by atoms with E-state index in [2.05, 4.69) is 10.3 Å². The first-order valence-corrected chi connectivity index (χ1v) is 14.5. The molecule has 2 unspecified atom stereocenters. The van der Waals surface area contributed by atoms with Gasteiger partial charge in [-0.25, -0.2) is 14.5 Å². The molecule has 4 rings (SSSR count). The first-order valence-electron chi connectivity index (χ1n) is 14.5. The molecule has 242 valence electrons. The summed E-state index contributed by atoms with van der Waals surface area (Å²) in [4.78, 5) is 68.4. The molecule has 2 aliphatic heterocycles. The molecule has 3 heterocycles. The van der Waals surface area contributed by atoms with Gasteiger partial charge in [-0.1, -0.05) is 19.9 Å². The predicted molar refractivity (Wildman–Crippen MR) is 153 cm³/mol. The second-order valence-corrected chi connectivity index (χ2v) is 11.1. The van der Waals surface area contributed by atoms with Crippen LogP contribution in [0.3, 0.4) is 0 Å². The molecular formula is C31H36FN3O10. The van der Waals surface area contributed by atoms with E-state index in [1.54, 1.807) is 45.9 Å². The topological polar surface area (TPSA) is 160 Å². The van der Waals surface area contributed by atoms with Crippen LogP contribution in [-0.2, 0) is 46.2 Å². The van der Waals surface area contributed by atoms with E-state index >= 15 is 0 Å². The van der Waals surface area contributed by atoms with E-state index in [1.807, 2.05) is 0 Å². The smallest absolute Gasteiger partial charge is 0.404 e. The van der Waals surface area contributed by atoms with Crippen molar-refractivity contribution in [3.63, 3.8) is 0 Å². The number of β-lactam (4-membered cyclic amide) rings is 1. The van der Waals surface area contributed by atoms with Gasteiger partial charge in [-0.15, -0.1) is 0 Å². The molecule has 0 bridgehead atoms. The van der Waals surface area contributed by atoms with E-state index in [1.165, 1.54) is 25.3 Å². The number of aromatic nitrogens is 1. The van der Waals surface area contributed by atoms with Gasteiger partial charge in [0.05, 0.1) is 36.6 Å². The second-order valence-electron chi connectivity index (χ2n) is 11.1. The minimum atomic E-state index is -2.30. The Morgan fingerprint density at radius 2 is 1.78 bits per heavy atom. The average molecular weight is 630 g/mol. The molecule has 5 atom stereocenters. The molecule has 1 saturated heterocycles. The first kappa shape index (κ1) is 33.1.